The van der Waals surface area contributed by atoms with Gasteiger partial charge in [-0.15, -0.1) is 0 Å². The molecule has 0 aliphatic rings. The maximum atomic E-state index is 12.7. The van der Waals surface area contributed by atoms with Gasteiger partial charge in [0.15, 0.2) is 0 Å². The highest BCUT2D eigenvalue weighted by molar-refractivity contribution is 6.09. The van der Waals surface area contributed by atoms with Crippen LogP contribution in [-0.2, 0) is 6.54 Å². The van der Waals surface area contributed by atoms with Crippen LogP contribution in [0.1, 0.15) is 23.0 Å². The van der Waals surface area contributed by atoms with Gasteiger partial charge in [-0.2, -0.15) is 0 Å². The van der Waals surface area contributed by atoms with Gasteiger partial charge in [-0.3, -0.25) is 4.79 Å². The number of likely N-dealkylation sites (N-methyl/N-ethyl adjacent to an activating group) is 1. The largest absolute Gasteiger partial charge is 0.496 e. The fourth-order valence-corrected chi connectivity index (χ4v) is 2.20. The number of nitrogens with zero attached hydrogens (tertiary/aromatic N) is 2. The highest BCUT2D eigenvalue weighted by atomic mass is 16.5. The van der Waals surface area contributed by atoms with Crippen molar-refractivity contribution in [3.63, 3.8) is 0 Å². The number of carbonyl (C=O) groups excluding carboxylic acids is 1. The number of ether oxygens (including phenoxy) is 1. The van der Waals surface area contributed by atoms with Crippen molar-refractivity contribution in [3.8, 4) is 5.75 Å². The molecule has 0 saturated heterocycles. The van der Waals surface area contributed by atoms with Crippen LogP contribution in [0, 0.1) is 0 Å². The Hall–Kier alpha value is -2.07. The highest BCUT2D eigenvalue weighted by Crippen LogP contribution is 2.21. The zero-order chi connectivity index (χ0) is 15.4. The maximum Gasteiger partial charge on any atom is 0.213 e. The summed E-state index contributed by atoms with van der Waals surface area (Å²) in [6.45, 7) is 2.91. The lowest BCUT2D eigenvalue weighted by molar-refractivity contribution is 0.102. The van der Waals surface area contributed by atoms with Crippen LogP contribution in [0.3, 0.4) is 0 Å². The predicted molar refractivity (Wildman–Crippen MR) is 84.0 cm³/mol. The van der Waals surface area contributed by atoms with Crippen molar-refractivity contribution in [2.24, 2.45) is 0 Å². The van der Waals surface area contributed by atoms with E-state index in [0.717, 1.165) is 6.54 Å². The van der Waals surface area contributed by atoms with E-state index in [-0.39, 0.29) is 5.78 Å². The number of benzene rings is 1. The molecule has 1 aromatic carbocycles. The van der Waals surface area contributed by atoms with Gasteiger partial charge >= 0.3 is 0 Å². The summed E-state index contributed by atoms with van der Waals surface area (Å²) in [5.41, 5.74) is 1.28. The second-order valence-corrected chi connectivity index (χ2v) is 5.39. The third kappa shape index (κ3) is 3.34. The summed E-state index contributed by atoms with van der Waals surface area (Å²) in [5, 5.41) is 0. The van der Waals surface area contributed by atoms with Crippen molar-refractivity contribution < 1.29 is 9.53 Å². The minimum Gasteiger partial charge on any atom is -0.496 e. The molecule has 2 aromatic rings. The van der Waals surface area contributed by atoms with Crippen molar-refractivity contribution in [1.29, 1.82) is 0 Å². The first kappa shape index (κ1) is 15.3. The molecule has 0 spiro atoms. The molecular formula is C17H22N2O2. The first-order chi connectivity index (χ1) is 10.0. The Kier molecular flexibility index (Phi) is 4.81. The van der Waals surface area contributed by atoms with Crippen molar-refractivity contribution in [2.45, 2.75) is 19.5 Å². The Morgan fingerprint density at radius 3 is 2.62 bits per heavy atom. The van der Waals surface area contributed by atoms with Crippen LogP contribution in [0.5, 0.6) is 5.75 Å². The summed E-state index contributed by atoms with van der Waals surface area (Å²) in [6, 6.07) is 11.4. The van der Waals surface area contributed by atoms with Crippen LogP contribution in [0.25, 0.3) is 0 Å². The molecule has 0 amide bonds. The molecule has 1 unspecified atom stereocenters. The minimum absolute atomic E-state index is 0.0107. The van der Waals surface area contributed by atoms with E-state index in [1.54, 1.807) is 13.2 Å². The van der Waals surface area contributed by atoms with Crippen molar-refractivity contribution in [3.05, 3.63) is 53.9 Å². The predicted octanol–water partition coefficient (Wildman–Crippen LogP) is 2.68. The van der Waals surface area contributed by atoms with E-state index in [1.165, 1.54) is 0 Å². The molecule has 0 bridgehead atoms. The summed E-state index contributed by atoms with van der Waals surface area (Å²) in [5.74, 6) is 0.597. The monoisotopic (exact) mass is 286 g/mol. The van der Waals surface area contributed by atoms with Gasteiger partial charge in [0.1, 0.15) is 5.75 Å². The summed E-state index contributed by atoms with van der Waals surface area (Å²) in [6.07, 6.45) is 1.95. The Bertz CT molecular complexity index is 617. The fourth-order valence-electron chi connectivity index (χ4n) is 2.20. The van der Waals surface area contributed by atoms with Crippen molar-refractivity contribution >= 4 is 5.78 Å². The molecule has 21 heavy (non-hydrogen) atoms. The van der Waals surface area contributed by atoms with E-state index in [1.807, 2.05) is 55.2 Å². The smallest absolute Gasteiger partial charge is 0.213 e. The van der Waals surface area contributed by atoms with Gasteiger partial charge in [-0.1, -0.05) is 12.1 Å². The third-order valence-corrected chi connectivity index (χ3v) is 3.76. The average molecular weight is 286 g/mol. The van der Waals surface area contributed by atoms with Crippen LogP contribution < -0.4 is 4.74 Å². The first-order valence-corrected chi connectivity index (χ1v) is 7.04. The second kappa shape index (κ2) is 6.59. The van der Waals surface area contributed by atoms with E-state index in [9.17, 15) is 4.79 Å². The lowest BCUT2D eigenvalue weighted by Gasteiger charge is -2.21. The Morgan fingerprint density at radius 1 is 1.24 bits per heavy atom. The van der Waals surface area contributed by atoms with Crippen LogP contribution in [0.15, 0.2) is 42.6 Å². The number of para-hydroxylation sites is 1. The Morgan fingerprint density at radius 2 is 1.95 bits per heavy atom. The molecule has 0 radical (unpaired) electrons. The van der Waals surface area contributed by atoms with Gasteiger partial charge in [-0.05, 0) is 45.3 Å². The molecule has 4 heteroatoms. The lowest BCUT2D eigenvalue weighted by Crippen LogP contribution is -2.30. The second-order valence-electron chi connectivity index (χ2n) is 5.39. The van der Waals surface area contributed by atoms with Crippen LogP contribution in [0.4, 0.5) is 0 Å². The first-order valence-electron chi connectivity index (χ1n) is 7.04. The van der Waals surface area contributed by atoms with Gasteiger partial charge in [0.2, 0.25) is 5.78 Å². The van der Waals surface area contributed by atoms with Crippen LogP contribution >= 0.6 is 0 Å². The van der Waals surface area contributed by atoms with Gasteiger partial charge in [0.25, 0.3) is 0 Å². The Balaban J connectivity index is 2.30. The molecule has 0 fully saturated rings. The summed E-state index contributed by atoms with van der Waals surface area (Å²) < 4.78 is 7.28. The molecule has 0 aliphatic heterocycles. The van der Waals surface area contributed by atoms with Gasteiger partial charge < -0.3 is 14.2 Å². The van der Waals surface area contributed by atoms with Gasteiger partial charge in [0.05, 0.1) is 18.4 Å². The molecule has 1 atom stereocenters. The van der Waals surface area contributed by atoms with E-state index in [2.05, 4.69) is 11.8 Å². The van der Waals surface area contributed by atoms with Crippen LogP contribution in [-0.4, -0.2) is 42.5 Å². The van der Waals surface area contributed by atoms with E-state index >= 15 is 0 Å². The van der Waals surface area contributed by atoms with E-state index in [0.29, 0.717) is 23.0 Å². The van der Waals surface area contributed by atoms with E-state index in [4.69, 9.17) is 4.74 Å². The number of rotatable bonds is 6. The molecule has 112 valence electrons. The number of hydrogen-bond acceptors (Lipinski definition) is 3. The summed E-state index contributed by atoms with van der Waals surface area (Å²) in [7, 11) is 5.66. The molecule has 2 rings (SSSR count). The normalized spacial score (nSPS) is 12.4. The van der Waals surface area contributed by atoms with Gasteiger partial charge in [-0.25, -0.2) is 0 Å². The molecule has 0 N–H and O–H groups in total. The molecule has 0 aliphatic carbocycles. The average Bonchev–Trinajstić information content (AvgIpc) is 2.94. The SMILES string of the molecule is COc1ccccc1C(=O)c1cccn1CC(C)N(C)C. The topological polar surface area (TPSA) is 34.5 Å². The lowest BCUT2D eigenvalue weighted by atomic mass is 10.1. The molecular weight excluding hydrogens is 264 g/mol. The van der Waals surface area contributed by atoms with Crippen molar-refractivity contribution in [1.82, 2.24) is 9.47 Å². The molecule has 0 saturated carbocycles. The number of aromatic nitrogens is 1. The van der Waals surface area contributed by atoms with Crippen molar-refractivity contribution in [2.75, 3.05) is 21.2 Å². The zero-order valence-corrected chi connectivity index (χ0v) is 13.0. The standard InChI is InChI=1S/C17H22N2O2/c1-13(18(2)3)12-19-11-7-9-15(19)17(20)14-8-5-6-10-16(14)21-4/h5-11,13H,12H2,1-4H3. The number of carbonyl (C=O) groups is 1. The number of hydrogen-bond donors (Lipinski definition) is 0. The number of ketones is 1. The van der Waals surface area contributed by atoms with E-state index < -0.39 is 0 Å². The van der Waals surface area contributed by atoms with Crippen LogP contribution in [0.2, 0.25) is 0 Å². The fraction of sp³-hybridized carbons (Fsp3) is 0.353. The summed E-state index contributed by atoms with van der Waals surface area (Å²) >= 11 is 0. The Labute approximate surface area is 125 Å². The highest BCUT2D eigenvalue weighted by Gasteiger charge is 2.18. The molecule has 4 nitrogen and oxygen atoms in total. The maximum absolute atomic E-state index is 12.7. The minimum atomic E-state index is -0.0107. The quantitative estimate of drug-likeness (QED) is 0.766. The summed E-state index contributed by atoms with van der Waals surface area (Å²) in [4.78, 5) is 14.9. The molecule has 1 aromatic heterocycles. The zero-order valence-electron chi connectivity index (χ0n) is 13.0. The molecule has 1 heterocycles. The van der Waals surface area contributed by atoms with Gasteiger partial charge in [0, 0.05) is 18.8 Å². The third-order valence-electron chi connectivity index (χ3n) is 3.76. The number of methoxy groups -OCH3 is 1.